The lowest BCUT2D eigenvalue weighted by Gasteiger charge is -2.24. The molecule has 0 aliphatic rings. The molecule has 0 spiro atoms. The first-order valence-corrected chi connectivity index (χ1v) is 7.77. The number of hydrogen-bond acceptors (Lipinski definition) is 2. The average molecular weight is 357 g/mol. The molecule has 0 bridgehead atoms. The van der Waals surface area contributed by atoms with Crippen LogP contribution in [0, 0.1) is 5.92 Å². The van der Waals surface area contributed by atoms with Crippen LogP contribution in [0.25, 0.3) is 0 Å². The highest BCUT2D eigenvalue weighted by atomic mass is 79.9. The van der Waals surface area contributed by atoms with E-state index in [-0.39, 0.29) is 11.6 Å². The van der Waals surface area contributed by atoms with Crippen LogP contribution in [-0.4, -0.2) is 35.1 Å². The molecule has 21 heavy (non-hydrogen) atoms. The quantitative estimate of drug-likeness (QED) is 0.807. The number of urea groups is 1. The van der Waals surface area contributed by atoms with Crippen LogP contribution in [0.5, 0.6) is 0 Å². The van der Waals surface area contributed by atoms with Crippen LogP contribution in [0.15, 0.2) is 22.7 Å². The van der Waals surface area contributed by atoms with Gasteiger partial charge in [0.05, 0.1) is 11.3 Å². The molecule has 1 unspecified atom stereocenters. The van der Waals surface area contributed by atoms with E-state index in [0.717, 1.165) is 6.42 Å². The summed E-state index contributed by atoms with van der Waals surface area (Å²) in [6.45, 7) is 7.46. The number of aromatic carboxylic acids is 1. The standard InChI is InChI=1S/C15H21BrN2O3/c1-4-10(3)9-18(5-2)15(21)17-13-7-6-11(14(19)20)8-12(13)16/h6-8,10H,4-5,9H2,1-3H3,(H,17,21)(H,19,20). The number of nitrogens with zero attached hydrogens (tertiary/aromatic N) is 1. The van der Waals surface area contributed by atoms with Crippen molar-refractivity contribution in [2.45, 2.75) is 27.2 Å². The first kappa shape index (κ1) is 17.5. The third-order valence-corrected chi connectivity index (χ3v) is 4.01. The molecule has 1 rings (SSSR count). The first-order valence-electron chi connectivity index (χ1n) is 6.97. The fourth-order valence-electron chi connectivity index (χ4n) is 1.80. The lowest BCUT2D eigenvalue weighted by molar-refractivity contribution is 0.0697. The zero-order chi connectivity index (χ0) is 16.0. The number of nitrogens with one attached hydrogen (secondary N) is 1. The van der Waals surface area contributed by atoms with E-state index < -0.39 is 5.97 Å². The molecule has 0 aliphatic carbocycles. The van der Waals surface area contributed by atoms with Gasteiger partial charge >= 0.3 is 12.0 Å². The Morgan fingerprint density at radius 1 is 1.38 bits per heavy atom. The fraction of sp³-hybridized carbons (Fsp3) is 0.467. The predicted octanol–water partition coefficient (Wildman–Crippen LogP) is 4.05. The monoisotopic (exact) mass is 356 g/mol. The van der Waals surface area contributed by atoms with E-state index in [9.17, 15) is 9.59 Å². The molecule has 2 amide bonds. The smallest absolute Gasteiger partial charge is 0.335 e. The number of amides is 2. The van der Waals surface area contributed by atoms with E-state index in [1.54, 1.807) is 11.0 Å². The Kier molecular flexibility index (Phi) is 6.68. The molecule has 0 heterocycles. The lowest BCUT2D eigenvalue weighted by atomic mass is 10.1. The van der Waals surface area contributed by atoms with Gasteiger partial charge in [0.2, 0.25) is 0 Å². The van der Waals surface area contributed by atoms with Gasteiger partial charge in [0.25, 0.3) is 0 Å². The highest BCUT2D eigenvalue weighted by Gasteiger charge is 2.16. The molecule has 0 aromatic heterocycles. The molecular weight excluding hydrogens is 336 g/mol. The van der Waals surface area contributed by atoms with E-state index in [2.05, 4.69) is 35.1 Å². The second-order valence-electron chi connectivity index (χ2n) is 4.98. The van der Waals surface area contributed by atoms with Crippen molar-refractivity contribution in [3.8, 4) is 0 Å². The van der Waals surface area contributed by atoms with E-state index >= 15 is 0 Å². The number of carboxylic acid groups (broad SMARTS) is 1. The molecule has 6 heteroatoms. The van der Waals surface area contributed by atoms with Gasteiger partial charge < -0.3 is 15.3 Å². The Morgan fingerprint density at radius 2 is 2.05 bits per heavy atom. The van der Waals surface area contributed by atoms with Gasteiger partial charge in [-0.3, -0.25) is 0 Å². The zero-order valence-corrected chi connectivity index (χ0v) is 14.1. The fourth-order valence-corrected chi connectivity index (χ4v) is 2.28. The molecule has 5 nitrogen and oxygen atoms in total. The Balaban J connectivity index is 2.79. The Hall–Kier alpha value is -1.56. The maximum absolute atomic E-state index is 12.2. The summed E-state index contributed by atoms with van der Waals surface area (Å²) in [5, 5.41) is 11.7. The summed E-state index contributed by atoms with van der Waals surface area (Å²) in [6.07, 6.45) is 1.01. The SMILES string of the molecule is CCC(C)CN(CC)C(=O)Nc1ccc(C(=O)O)cc1Br. The number of rotatable bonds is 6. The molecule has 2 N–H and O–H groups in total. The van der Waals surface area contributed by atoms with Gasteiger partial charge in [0.1, 0.15) is 0 Å². The summed E-state index contributed by atoms with van der Waals surface area (Å²) in [5.41, 5.74) is 0.736. The maximum atomic E-state index is 12.2. The molecule has 0 aliphatic heterocycles. The minimum Gasteiger partial charge on any atom is -0.478 e. The third kappa shape index (κ3) is 5.04. The van der Waals surface area contributed by atoms with Crippen LogP contribution in [0.1, 0.15) is 37.6 Å². The number of hydrogen-bond donors (Lipinski definition) is 2. The summed E-state index contributed by atoms with van der Waals surface area (Å²) in [6, 6.07) is 4.35. The molecule has 0 saturated heterocycles. The normalized spacial score (nSPS) is 11.8. The van der Waals surface area contributed by atoms with Crippen LogP contribution in [-0.2, 0) is 0 Å². The number of anilines is 1. The lowest BCUT2D eigenvalue weighted by Crippen LogP contribution is -2.37. The van der Waals surface area contributed by atoms with Crippen LogP contribution in [0.2, 0.25) is 0 Å². The number of carbonyl (C=O) groups is 2. The number of benzene rings is 1. The zero-order valence-electron chi connectivity index (χ0n) is 12.5. The summed E-state index contributed by atoms with van der Waals surface area (Å²) in [4.78, 5) is 24.9. The van der Waals surface area contributed by atoms with E-state index in [1.807, 2.05) is 6.92 Å². The van der Waals surface area contributed by atoms with E-state index in [0.29, 0.717) is 29.2 Å². The number of halogens is 1. The van der Waals surface area contributed by atoms with Crippen LogP contribution in [0.4, 0.5) is 10.5 Å². The van der Waals surface area contributed by atoms with Crippen molar-refractivity contribution in [2.75, 3.05) is 18.4 Å². The number of carboxylic acids is 1. The van der Waals surface area contributed by atoms with Gasteiger partial charge in [-0.25, -0.2) is 9.59 Å². The van der Waals surface area contributed by atoms with Gasteiger partial charge in [-0.1, -0.05) is 20.3 Å². The van der Waals surface area contributed by atoms with Gasteiger partial charge in [-0.2, -0.15) is 0 Å². The largest absolute Gasteiger partial charge is 0.478 e. The molecule has 0 fully saturated rings. The summed E-state index contributed by atoms with van der Waals surface area (Å²) in [5.74, 6) is -0.561. The highest BCUT2D eigenvalue weighted by molar-refractivity contribution is 9.10. The van der Waals surface area contributed by atoms with Crippen LogP contribution < -0.4 is 5.32 Å². The molecular formula is C15H21BrN2O3. The third-order valence-electron chi connectivity index (χ3n) is 3.36. The van der Waals surface area contributed by atoms with Crippen molar-refractivity contribution in [2.24, 2.45) is 5.92 Å². The van der Waals surface area contributed by atoms with Gasteiger partial charge in [-0.15, -0.1) is 0 Å². The van der Waals surface area contributed by atoms with Crippen molar-refractivity contribution >= 4 is 33.6 Å². The second kappa shape index (κ2) is 8.02. The van der Waals surface area contributed by atoms with Gasteiger partial charge in [0.15, 0.2) is 0 Å². The van der Waals surface area contributed by atoms with Crippen molar-refractivity contribution < 1.29 is 14.7 Å². The second-order valence-corrected chi connectivity index (χ2v) is 5.84. The average Bonchev–Trinajstić information content (AvgIpc) is 2.46. The number of carbonyl (C=O) groups excluding carboxylic acids is 1. The molecule has 116 valence electrons. The highest BCUT2D eigenvalue weighted by Crippen LogP contribution is 2.24. The van der Waals surface area contributed by atoms with E-state index in [4.69, 9.17) is 5.11 Å². The minimum atomic E-state index is -1.000. The molecule has 1 aromatic carbocycles. The Bertz CT molecular complexity index is 520. The van der Waals surface area contributed by atoms with Gasteiger partial charge in [-0.05, 0) is 47.0 Å². The Morgan fingerprint density at radius 3 is 2.52 bits per heavy atom. The maximum Gasteiger partial charge on any atom is 0.335 e. The first-order chi connectivity index (χ1) is 9.88. The molecule has 0 radical (unpaired) electrons. The minimum absolute atomic E-state index is 0.173. The van der Waals surface area contributed by atoms with Crippen molar-refractivity contribution in [3.05, 3.63) is 28.2 Å². The van der Waals surface area contributed by atoms with Crippen LogP contribution in [0.3, 0.4) is 0 Å². The van der Waals surface area contributed by atoms with Crippen molar-refractivity contribution in [1.29, 1.82) is 0 Å². The summed E-state index contributed by atoms with van der Waals surface area (Å²) < 4.78 is 0.551. The summed E-state index contributed by atoms with van der Waals surface area (Å²) in [7, 11) is 0. The molecule has 1 aromatic rings. The van der Waals surface area contributed by atoms with E-state index in [1.165, 1.54) is 12.1 Å². The Labute approximate surface area is 133 Å². The molecule has 0 saturated carbocycles. The van der Waals surface area contributed by atoms with Crippen molar-refractivity contribution in [1.82, 2.24) is 4.90 Å². The topological polar surface area (TPSA) is 69.6 Å². The van der Waals surface area contributed by atoms with Gasteiger partial charge in [0, 0.05) is 17.6 Å². The predicted molar refractivity (Wildman–Crippen MR) is 86.8 cm³/mol. The van der Waals surface area contributed by atoms with Crippen LogP contribution >= 0.6 is 15.9 Å². The van der Waals surface area contributed by atoms with Crippen molar-refractivity contribution in [3.63, 3.8) is 0 Å². The molecule has 1 atom stereocenters. The summed E-state index contributed by atoms with van der Waals surface area (Å²) >= 11 is 3.28.